The lowest BCUT2D eigenvalue weighted by atomic mass is 9.97. The molecule has 0 spiro atoms. The van der Waals surface area contributed by atoms with Gasteiger partial charge >= 0.3 is 0 Å². The number of amides is 1. The van der Waals surface area contributed by atoms with E-state index in [2.05, 4.69) is 20.8 Å². The highest BCUT2D eigenvalue weighted by molar-refractivity contribution is 5.97. The Hall–Kier alpha value is -1.51. The molecule has 110 valence electrons. The maximum absolute atomic E-state index is 12.8. The minimum absolute atomic E-state index is 0.154. The molecule has 20 heavy (non-hydrogen) atoms. The molecule has 0 bridgehead atoms. The molecule has 3 heteroatoms. The van der Waals surface area contributed by atoms with Crippen LogP contribution in [-0.2, 0) is 11.2 Å². The zero-order valence-electron chi connectivity index (χ0n) is 12.9. The first-order valence-corrected chi connectivity index (χ1v) is 7.79. The number of hydrogen-bond acceptors (Lipinski definition) is 2. The second-order valence-corrected chi connectivity index (χ2v) is 5.90. The van der Waals surface area contributed by atoms with Crippen LogP contribution in [0.5, 0.6) is 0 Å². The van der Waals surface area contributed by atoms with Crippen LogP contribution in [0.1, 0.15) is 52.0 Å². The van der Waals surface area contributed by atoms with Crippen LogP contribution in [-0.4, -0.2) is 11.9 Å². The van der Waals surface area contributed by atoms with Gasteiger partial charge in [-0.3, -0.25) is 4.79 Å². The molecule has 1 aliphatic heterocycles. The lowest BCUT2D eigenvalue weighted by Gasteiger charge is -2.27. The van der Waals surface area contributed by atoms with Crippen molar-refractivity contribution in [2.24, 2.45) is 5.92 Å². The van der Waals surface area contributed by atoms with Crippen LogP contribution >= 0.6 is 0 Å². The van der Waals surface area contributed by atoms with Gasteiger partial charge in [0.15, 0.2) is 0 Å². The van der Waals surface area contributed by atoms with Crippen molar-refractivity contribution in [2.45, 2.75) is 58.9 Å². The summed E-state index contributed by atoms with van der Waals surface area (Å²) in [6.45, 7) is 6.41. The summed E-state index contributed by atoms with van der Waals surface area (Å²) < 4.78 is 0. The number of carbonyl (C=O) groups is 1. The summed E-state index contributed by atoms with van der Waals surface area (Å²) in [4.78, 5) is 14.8. The number of rotatable bonds is 5. The van der Waals surface area contributed by atoms with E-state index in [1.54, 1.807) is 0 Å². The quantitative estimate of drug-likeness (QED) is 0.831. The monoisotopic (exact) mass is 274 g/mol. The number of fused-ring (bicyclic) bond motifs is 1. The smallest absolute Gasteiger partial charge is 0.230 e. The summed E-state index contributed by atoms with van der Waals surface area (Å²) >= 11 is 0. The Balaban J connectivity index is 2.22. The van der Waals surface area contributed by atoms with Crippen molar-refractivity contribution in [1.82, 2.24) is 0 Å². The molecular weight excluding hydrogens is 248 g/mol. The fourth-order valence-corrected chi connectivity index (χ4v) is 3.14. The number of nitrogens with two attached hydrogens (primary N) is 1. The van der Waals surface area contributed by atoms with E-state index in [1.165, 1.54) is 5.56 Å². The molecule has 3 nitrogen and oxygen atoms in total. The van der Waals surface area contributed by atoms with Crippen LogP contribution in [0.4, 0.5) is 11.4 Å². The summed E-state index contributed by atoms with van der Waals surface area (Å²) in [5.41, 5.74) is 8.89. The first-order chi connectivity index (χ1) is 9.58. The van der Waals surface area contributed by atoms with Crippen LogP contribution in [0.15, 0.2) is 18.2 Å². The number of anilines is 2. The SMILES string of the molecule is CCCCC(CC)C(=O)N1c2ccc(N)cc2CC1C. The van der Waals surface area contributed by atoms with Crippen LogP contribution in [0.2, 0.25) is 0 Å². The van der Waals surface area contributed by atoms with E-state index in [1.807, 2.05) is 23.1 Å². The van der Waals surface area contributed by atoms with Gasteiger partial charge < -0.3 is 10.6 Å². The number of benzene rings is 1. The second kappa shape index (κ2) is 6.29. The number of carbonyl (C=O) groups excluding carboxylic acids is 1. The molecule has 1 amide bonds. The first-order valence-electron chi connectivity index (χ1n) is 7.79. The van der Waals surface area contributed by atoms with Crippen LogP contribution in [0.3, 0.4) is 0 Å². The molecule has 1 aliphatic rings. The van der Waals surface area contributed by atoms with E-state index in [-0.39, 0.29) is 17.9 Å². The van der Waals surface area contributed by atoms with Crippen molar-refractivity contribution in [2.75, 3.05) is 10.6 Å². The summed E-state index contributed by atoms with van der Waals surface area (Å²) in [5, 5.41) is 0. The molecule has 0 fully saturated rings. The van der Waals surface area contributed by atoms with Gasteiger partial charge in [0.2, 0.25) is 5.91 Å². The van der Waals surface area contributed by atoms with E-state index in [9.17, 15) is 4.79 Å². The van der Waals surface area contributed by atoms with Gasteiger partial charge in [0.25, 0.3) is 0 Å². The minimum Gasteiger partial charge on any atom is -0.399 e. The van der Waals surface area contributed by atoms with Gasteiger partial charge in [-0.2, -0.15) is 0 Å². The van der Waals surface area contributed by atoms with Gasteiger partial charge in [0, 0.05) is 23.3 Å². The molecule has 1 aromatic rings. The molecule has 0 radical (unpaired) electrons. The third-order valence-corrected chi connectivity index (χ3v) is 4.30. The van der Waals surface area contributed by atoms with E-state index >= 15 is 0 Å². The molecule has 2 atom stereocenters. The Morgan fingerprint density at radius 2 is 2.20 bits per heavy atom. The average molecular weight is 274 g/mol. The Kier molecular flexibility index (Phi) is 4.69. The van der Waals surface area contributed by atoms with Gasteiger partial charge in [0.05, 0.1) is 0 Å². The van der Waals surface area contributed by atoms with Crippen molar-refractivity contribution >= 4 is 17.3 Å². The normalized spacial score (nSPS) is 18.9. The van der Waals surface area contributed by atoms with Crippen LogP contribution in [0, 0.1) is 5.92 Å². The zero-order chi connectivity index (χ0) is 14.7. The van der Waals surface area contributed by atoms with E-state index in [4.69, 9.17) is 5.73 Å². The predicted octanol–water partition coefficient (Wildman–Crippen LogP) is 3.76. The lowest BCUT2D eigenvalue weighted by Crippen LogP contribution is -2.40. The fourth-order valence-electron chi connectivity index (χ4n) is 3.14. The lowest BCUT2D eigenvalue weighted by molar-refractivity contribution is -0.123. The molecule has 2 N–H and O–H groups in total. The zero-order valence-corrected chi connectivity index (χ0v) is 12.9. The highest BCUT2D eigenvalue weighted by Gasteiger charge is 2.33. The number of hydrogen-bond donors (Lipinski definition) is 1. The fraction of sp³-hybridized carbons (Fsp3) is 0.588. The second-order valence-electron chi connectivity index (χ2n) is 5.90. The molecule has 2 unspecified atom stereocenters. The number of unbranched alkanes of at least 4 members (excludes halogenated alkanes) is 1. The summed E-state index contributed by atoms with van der Waals surface area (Å²) in [7, 11) is 0. The van der Waals surface area contributed by atoms with Crippen molar-refractivity contribution in [1.29, 1.82) is 0 Å². The summed E-state index contributed by atoms with van der Waals surface area (Å²) in [6, 6.07) is 6.14. The van der Waals surface area contributed by atoms with E-state index < -0.39 is 0 Å². The maximum Gasteiger partial charge on any atom is 0.230 e. The molecule has 2 rings (SSSR count). The van der Waals surface area contributed by atoms with E-state index in [0.29, 0.717) is 0 Å². The third-order valence-electron chi connectivity index (χ3n) is 4.30. The van der Waals surface area contributed by atoms with Gasteiger partial charge in [-0.1, -0.05) is 26.7 Å². The standard InChI is InChI=1S/C17H26N2O/c1-4-6-7-13(5-2)17(20)19-12(3)10-14-11-15(18)8-9-16(14)19/h8-9,11-13H,4-7,10,18H2,1-3H3. The Labute approximate surface area is 122 Å². The first kappa shape index (κ1) is 14.9. The highest BCUT2D eigenvalue weighted by Crippen LogP contribution is 2.35. The topological polar surface area (TPSA) is 46.3 Å². The average Bonchev–Trinajstić information content (AvgIpc) is 2.74. The van der Waals surface area contributed by atoms with Crippen molar-refractivity contribution in [3.8, 4) is 0 Å². The summed E-state index contributed by atoms with van der Waals surface area (Å²) in [6.07, 6.45) is 5.11. The highest BCUT2D eigenvalue weighted by atomic mass is 16.2. The Morgan fingerprint density at radius 3 is 2.85 bits per heavy atom. The van der Waals surface area contributed by atoms with Crippen LogP contribution < -0.4 is 10.6 Å². The molecule has 0 aliphatic carbocycles. The molecule has 0 saturated carbocycles. The van der Waals surface area contributed by atoms with Crippen molar-refractivity contribution in [3.05, 3.63) is 23.8 Å². The molecule has 0 aromatic heterocycles. The minimum atomic E-state index is 0.154. The van der Waals surface area contributed by atoms with Gasteiger partial charge in [0.1, 0.15) is 0 Å². The van der Waals surface area contributed by atoms with E-state index in [0.717, 1.165) is 43.5 Å². The Bertz CT molecular complexity index is 484. The van der Waals surface area contributed by atoms with Crippen molar-refractivity contribution < 1.29 is 4.79 Å². The predicted molar refractivity (Wildman–Crippen MR) is 84.8 cm³/mol. The van der Waals surface area contributed by atoms with Gasteiger partial charge in [-0.15, -0.1) is 0 Å². The van der Waals surface area contributed by atoms with Gasteiger partial charge in [-0.05, 0) is 49.9 Å². The molecule has 1 heterocycles. The third kappa shape index (κ3) is 2.82. The van der Waals surface area contributed by atoms with Crippen LogP contribution in [0.25, 0.3) is 0 Å². The molecular formula is C17H26N2O. The summed E-state index contributed by atoms with van der Waals surface area (Å²) in [5.74, 6) is 0.442. The largest absolute Gasteiger partial charge is 0.399 e. The maximum atomic E-state index is 12.8. The number of nitrogens with zero attached hydrogens (tertiary/aromatic N) is 1. The Morgan fingerprint density at radius 1 is 1.45 bits per heavy atom. The number of nitrogen functional groups attached to an aromatic ring is 1. The molecule has 0 saturated heterocycles. The molecule has 1 aromatic carbocycles. The van der Waals surface area contributed by atoms with Gasteiger partial charge in [-0.25, -0.2) is 0 Å². The van der Waals surface area contributed by atoms with Crippen molar-refractivity contribution in [3.63, 3.8) is 0 Å².